The number of pyridine rings is 1. The van der Waals surface area contributed by atoms with Gasteiger partial charge in [0.25, 0.3) is 0 Å². The van der Waals surface area contributed by atoms with Gasteiger partial charge in [-0.15, -0.1) is 0 Å². The van der Waals surface area contributed by atoms with E-state index in [1.165, 1.54) is 0 Å². The van der Waals surface area contributed by atoms with Gasteiger partial charge in [-0.05, 0) is 19.1 Å². The molecule has 5 nitrogen and oxygen atoms in total. The smallest absolute Gasteiger partial charge is 0.244 e. The number of aromatic nitrogens is 3. The first-order valence-electron chi connectivity index (χ1n) is 8.34. The van der Waals surface area contributed by atoms with Crippen LogP contribution in [0, 0.1) is 0 Å². The molecule has 0 fully saturated rings. The summed E-state index contributed by atoms with van der Waals surface area (Å²) in [6.07, 6.45) is 3.51. The van der Waals surface area contributed by atoms with Gasteiger partial charge in [0.2, 0.25) is 5.95 Å². The third kappa shape index (κ3) is 3.28. The van der Waals surface area contributed by atoms with Crippen LogP contribution in [0.1, 0.15) is 12.5 Å². The summed E-state index contributed by atoms with van der Waals surface area (Å²) in [7, 11) is 0. The van der Waals surface area contributed by atoms with Crippen LogP contribution in [0.2, 0.25) is 0 Å². The number of anilines is 1. The zero-order valence-corrected chi connectivity index (χ0v) is 14.3. The highest BCUT2D eigenvalue weighted by Crippen LogP contribution is 2.26. The third-order valence-electron chi connectivity index (χ3n) is 4.05. The average molecular weight is 339 g/mol. The lowest BCUT2D eigenvalue weighted by Crippen LogP contribution is -2.03. The van der Waals surface area contributed by atoms with Gasteiger partial charge in [0, 0.05) is 28.9 Å². The molecule has 0 atom stereocenters. The highest BCUT2D eigenvalue weighted by atomic mass is 15.4. The van der Waals surface area contributed by atoms with Crippen molar-refractivity contribution in [2.75, 3.05) is 5.43 Å². The van der Waals surface area contributed by atoms with Gasteiger partial charge in [0.05, 0.1) is 16.9 Å². The summed E-state index contributed by atoms with van der Waals surface area (Å²) in [6, 6.07) is 21.9. The normalized spacial score (nSPS) is 11.5. The van der Waals surface area contributed by atoms with Crippen molar-refractivity contribution in [1.29, 1.82) is 0 Å². The quantitative estimate of drug-likeness (QED) is 0.438. The number of nitrogens with one attached hydrogen (secondary N) is 1. The number of hydrogen-bond acceptors (Lipinski definition) is 5. The van der Waals surface area contributed by atoms with E-state index in [0.717, 1.165) is 33.4 Å². The van der Waals surface area contributed by atoms with E-state index in [4.69, 9.17) is 4.98 Å². The second kappa shape index (κ2) is 7.11. The molecule has 0 amide bonds. The highest BCUT2D eigenvalue weighted by Gasteiger charge is 2.09. The van der Waals surface area contributed by atoms with Crippen LogP contribution >= 0.6 is 0 Å². The molecule has 2 aromatic heterocycles. The summed E-state index contributed by atoms with van der Waals surface area (Å²) in [5.41, 5.74) is 7.55. The molecule has 2 aromatic carbocycles. The molecular weight excluding hydrogens is 322 g/mol. The van der Waals surface area contributed by atoms with Crippen molar-refractivity contribution in [3.8, 4) is 11.3 Å². The lowest BCUT2D eigenvalue weighted by atomic mass is 10.1. The monoisotopic (exact) mass is 339 g/mol. The first kappa shape index (κ1) is 15.9. The van der Waals surface area contributed by atoms with E-state index >= 15 is 0 Å². The fourth-order valence-corrected chi connectivity index (χ4v) is 2.72. The summed E-state index contributed by atoms with van der Waals surface area (Å²) in [5, 5.41) is 5.42. The van der Waals surface area contributed by atoms with Crippen molar-refractivity contribution in [3.63, 3.8) is 0 Å². The number of hydrazone groups is 1. The van der Waals surface area contributed by atoms with Crippen LogP contribution in [-0.2, 0) is 0 Å². The highest BCUT2D eigenvalue weighted by molar-refractivity contribution is 5.99. The van der Waals surface area contributed by atoms with E-state index in [2.05, 4.69) is 20.5 Å². The standard InChI is InChI=1S/C21H17N5/c1-15(17-10-7-13-22-14-17)25-26-21-23-19-12-6-5-11-18(19)20(24-21)16-8-3-2-4-9-16/h2-14H,1H3,(H,23,24,26). The molecule has 4 aromatic rings. The van der Waals surface area contributed by atoms with Crippen molar-refractivity contribution in [3.05, 3.63) is 84.7 Å². The molecule has 4 rings (SSSR count). The summed E-state index contributed by atoms with van der Waals surface area (Å²) in [4.78, 5) is 13.4. The van der Waals surface area contributed by atoms with Crippen molar-refractivity contribution >= 4 is 22.6 Å². The first-order valence-corrected chi connectivity index (χ1v) is 8.34. The second-order valence-electron chi connectivity index (χ2n) is 5.83. The first-order chi connectivity index (χ1) is 12.8. The Labute approximate surface area is 151 Å². The Kier molecular flexibility index (Phi) is 4.35. The number of para-hydroxylation sites is 1. The molecule has 0 saturated heterocycles. The molecule has 0 saturated carbocycles. The number of hydrogen-bond donors (Lipinski definition) is 1. The van der Waals surface area contributed by atoms with E-state index < -0.39 is 0 Å². The van der Waals surface area contributed by atoms with E-state index in [1.807, 2.05) is 73.7 Å². The summed E-state index contributed by atoms with van der Waals surface area (Å²) in [5.74, 6) is 0.464. The van der Waals surface area contributed by atoms with Crippen LogP contribution < -0.4 is 5.43 Å². The van der Waals surface area contributed by atoms with Gasteiger partial charge in [-0.3, -0.25) is 4.98 Å². The third-order valence-corrected chi connectivity index (χ3v) is 4.05. The molecule has 126 valence electrons. The zero-order chi connectivity index (χ0) is 17.8. The minimum atomic E-state index is 0.464. The van der Waals surface area contributed by atoms with Gasteiger partial charge >= 0.3 is 0 Å². The maximum Gasteiger partial charge on any atom is 0.244 e. The van der Waals surface area contributed by atoms with Gasteiger partial charge in [-0.25, -0.2) is 15.4 Å². The molecule has 0 aliphatic carbocycles. The minimum Gasteiger partial charge on any atom is -0.264 e. The summed E-state index contributed by atoms with van der Waals surface area (Å²) in [6.45, 7) is 1.92. The predicted molar refractivity (Wildman–Crippen MR) is 105 cm³/mol. The maximum atomic E-state index is 4.69. The van der Waals surface area contributed by atoms with Crippen molar-refractivity contribution < 1.29 is 0 Å². The topological polar surface area (TPSA) is 63.1 Å². The Morgan fingerprint density at radius 1 is 0.885 bits per heavy atom. The molecule has 0 aliphatic heterocycles. The molecular formula is C21H17N5. The second-order valence-corrected chi connectivity index (χ2v) is 5.83. The molecule has 0 radical (unpaired) electrons. The lowest BCUT2D eigenvalue weighted by Gasteiger charge is -2.09. The minimum absolute atomic E-state index is 0.464. The Morgan fingerprint density at radius 3 is 2.50 bits per heavy atom. The van der Waals surface area contributed by atoms with E-state index in [0.29, 0.717) is 5.95 Å². The lowest BCUT2D eigenvalue weighted by molar-refractivity contribution is 1.15. The Bertz CT molecular complexity index is 1060. The predicted octanol–water partition coefficient (Wildman–Crippen LogP) is 4.53. The molecule has 0 bridgehead atoms. The molecule has 0 unspecified atom stereocenters. The fourth-order valence-electron chi connectivity index (χ4n) is 2.72. The molecule has 1 N–H and O–H groups in total. The van der Waals surface area contributed by atoms with Crippen LogP contribution in [-0.4, -0.2) is 20.7 Å². The largest absolute Gasteiger partial charge is 0.264 e. The van der Waals surface area contributed by atoms with Crippen molar-refractivity contribution in [2.24, 2.45) is 5.10 Å². The van der Waals surface area contributed by atoms with Crippen LogP contribution in [0.25, 0.3) is 22.2 Å². The molecule has 0 aliphatic rings. The Hall–Kier alpha value is -3.60. The summed E-state index contributed by atoms with van der Waals surface area (Å²) >= 11 is 0. The maximum absolute atomic E-state index is 4.69. The van der Waals surface area contributed by atoms with Crippen LogP contribution in [0.4, 0.5) is 5.95 Å². The fraction of sp³-hybridized carbons (Fsp3) is 0.0476. The van der Waals surface area contributed by atoms with Crippen molar-refractivity contribution in [2.45, 2.75) is 6.92 Å². The van der Waals surface area contributed by atoms with Gasteiger partial charge in [-0.2, -0.15) is 5.10 Å². The van der Waals surface area contributed by atoms with Gasteiger partial charge < -0.3 is 0 Å². The summed E-state index contributed by atoms with van der Waals surface area (Å²) < 4.78 is 0. The van der Waals surface area contributed by atoms with E-state index in [9.17, 15) is 0 Å². The number of benzene rings is 2. The van der Waals surface area contributed by atoms with Crippen LogP contribution in [0.15, 0.2) is 84.2 Å². The van der Waals surface area contributed by atoms with Gasteiger partial charge in [0.15, 0.2) is 0 Å². The molecule has 0 spiro atoms. The van der Waals surface area contributed by atoms with Crippen LogP contribution in [0.3, 0.4) is 0 Å². The van der Waals surface area contributed by atoms with E-state index in [-0.39, 0.29) is 0 Å². The Morgan fingerprint density at radius 2 is 1.69 bits per heavy atom. The average Bonchev–Trinajstić information content (AvgIpc) is 2.72. The Balaban J connectivity index is 1.75. The molecule has 26 heavy (non-hydrogen) atoms. The van der Waals surface area contributed by atoms with Gasteiger partial charge in [-0.1, -0.05) is 54.6 Å². The van der Waals surface area contributed by atoms with Gasteiger partial charge in [0.1, 0.15) is 0 Å². The van der Waals surface area contributed by atoms with E-state index in [1.54, 1.807) is 12.4 Å². The van der Waals surface area contributed by atoms with Crippen molar-refractivity contribution in [1.82, 2.24) is 15.0 Å². The number of rotatable bonds is 4. The van der Waals surface area contributed by atoms with Crippen LogP contribution in [0.5, 0.6) is 0 Å². The number of nitrogens with zero attached hydrogens (tertiary/aromatic N) is 4. The number of fused-ring (bicyclic) bond motifs is 1. The zero-order valence-electron chi connectivity index (χ0n) is 14.3. The molecule has 2 heterocycles. The molecule has 5 heteroatoms. The SMILES string of the molecule is CC(=NNc1nc(-c2ccccc2)c2ccccc2n1)c1cccnc1.